The molecule has 0 saturated heterocycles. The van der Waals surface area contributed by atoms with E-state index in [1.54, 1.807) is 30.1 Å². The maximum Gasteiger partial charge on any atom is 0.234 e. The van der Waals surface area contributed by atoms with Crippen molar-refractivity contribution >= 4 is 5.91 Å². The molecule has 0 radical (unpaired) electrons. The normalized spacial score (nSPS) is 12.9. The van der Waals surface area contributed by atoms with E-state index in [9.17, 15) is 9.18 Å². The summed E-state index contributed by atoms with van der Waals surface area (Å²) in [5.74, 6) is 1.18. The number of carbonyl (C=O) groups is 1. The van der Waals surface area contributed by atoms with Crippen LogP contribution in [0, 0.1) is 5.82 Å². The van der Waals surface area contributed by atoms with Crippen molar-refractivity contribution in [2.24, 2.45) is 0 Å². The highest BCUT2D eigenvalue weighted by atomic mass is 19.1. The number of nitrogens with zero attached hydrogens (tertiary/aromatic N) is 1. The van der Waals surface area contributed by atoms with E-state index in [1.807, 2.05) is 18.2 Å². The first-order chi connectivity index (χ1) is 12.6. The molecule has 1 N–H and O–H groups in total. The van der Waals surface area contributed by atoms with Crippen LogP contribution in [0.2, 0.25) is 0 Å². The number of halogens is 1. The van der Waals surface area contributed by atoms with Crippen LogP contribution in [0.15, 0.2) is 42.5 Å². The molecule has 1 aliphatic heterocycles. The van der Waals surface area contributed by atoms with Crippen LogP contribution in [0.5, 0.6) is 11.5 Å². The minimum atomic E-state index is -0.252. The molecule has 0 atom stereocenters. The number of benzene rings is 2. The van der Waals surface area contributed by atoms with Gasteiger partial charge in [0.25, 0.3) is 0 Å². The third-order valence-corrected chi connectivity index (χ3v) is 4.15. The number of ether oxygens (including phenoxy) is 2. The van der Waals surface area contributed by atoms with Gasteiger partial charge in [0.15, 0.2) is 11.5 Å². The first kappa shape index (κ1) is 18.2. The van der Waals surface area contributed by atoms with Gasteiger partial charge in [0, 0.05) is 18.7 Å². The van der Waals surface area contributed by atoms with Crippen LogP contribution in [0.1, 0.15) is 11.1 Å². The molecule has 0 spiro atoms. The number of carbonyl (C=O) groups excluding carboxylic acids is 1. The molecule has 0 bridgehead atoms. The quantitative estimate of drug-likeness (QED) is 0.826. The topological polar surface area (TPSA) is 50.8 Å². The van der Waals surface area contributed by atoms with E-state index >= 15 is 0 Å². The highest BCUT2D eigenvalue weighted by Gasteiger charge is 2.12. The van der Waals surface area contributed by atoms with Crippen molar-refractivity contribution in [1.82, 2.24) is 10.2 Å². The van der Waals surface area contributed by atoms with Crippen LogP contribution in [0.25, 0.3) is 0 Å². The molecule has 0 saturated carbocycles. The highest BCUT2D eigenvalue weighted by Crippen LogP contribution is 2.30. The number of fused-ring (bicyclic) bond motifs is 1. The Balaban J connectivity index is 1.42. The average molecular weight is 358 g/mol. The number of hydrogen-bond acceptors (Lipinski definition) is 4. The van der Waals surface area contributed by atoms with Gasteiger partial charge in [-0.3, -0.25) is 9.69 Å². The standard InChI is InChI=1S/C20H23FN2O3/c1-23(13-16-4-2-3-5-17(16)21)14-20(24)22-9-8-15-6-7-18-19(12-15)26-11-10-25-18/h2-7,12H,8-11,13-14H2,1H3,(H,22,24). The van der Waals surface area contributed by atoms with Crippen LogP contribution in [0.4, 0.5) is 4.39 Å². The molecule has 6 heteroatoms. The fourth-order valence-electron chi connectivity index (χ4n) is 2.86. The van der Waals surface area contributed by atoms with E-state index in [-0.39, 0.29) is 18.3 Å². The molecule has 1 heterocycles. The second kappa shape index (κ2) is 8.67. The molecule has 1 amide bonds. The summed E-state index contributed by atoms with van der Waals surface area (Å²) in [4.78, 5) is 13.8. The van der Waals surface area contributed by atoms with E-state index in [0.29, 0.717) is 38.3 Å². The summed E-state index contributed by atoms with van der Waals surface area (Å²) >= 11 is 0. The summed E-state index contributed by atoms with van der Waals surface area (Å²) in [6.07, 6.45) is 0.708. The Morgan fingerprint density at radius 3 is 2.73 bits per heavy atom. The molecule has 2 aromatic carbocycles. The van der Waals surface area contributed by atoms with Gasteiger partial charge in [-0.1, -0.05) is 24.3 Å². The smallest absolute Gasteiger partial charge is 0.234 e. The van der Waals surface area contributed by atoms with E-state index in [4.69, 9.17) is 9.47 Å². The van der Waals surface area contributed by atoms with E-state index in [1.165, 1.54) is 6.07 Å². The van der Waals surface area contributed by atoms with E-state index in [2.05, 4.69) is 5.32 Å². The molecule has 0 fully saturated rings. The lowest BCUT2D eigenvalue weighted by atomic mass is 10.1. The molecular weight excluding hydrogens is 335 g/mol. The van der Waals surface area contributed by atoms with Gasteiger partial charge in [0.05, 0.1) is 6.54 Å². The Morgan fingerprint density at radius 1 is 1.15 bits per heavy atom. The Labute approximate surface area is 152 Å². The number of hydrogen-bond donors (Lipinski definition) is 1. The number of amides is 1. The van der Waals surface area contributed by atoms with Crippen molar-refractivity contribution in [2.45, 2.75) is 13.0 Å². The van der Waals surface area contributed by atoms with Gasteiger partial charge in [0.1, 0.15) is 19.0 Å². The van der Waals surface area contributed by atoms with Gasteiger partial charge < -0.3 is 14.8 Å². The van der Waals surface area contributed by atoms with Crippen molar-refractivity contribution in [3.05, 3.63) is 59.4 Å². The second-order valence-corrected chi connectivity index (χ2v) is 6.34. The molecule has 0 aliphatic carbocycles. The molecule has 1 aliphatic rings. The maximum atomic E-state index is 13.7. The van der Waals surface area contributed by atoms with Crippen molar-refractivity contribution in [1.29, 1.82) is 0 Å². The third-order valence-electron chi connectivity index (χ3n) is 4.15. The number of rotatable bonds is 7. The van der Waals surface area contributed by atoms with Gasteiger partial charge >= 0.3 is 0 Å². The summed E-state index contributed by atoms with van der Waals surface area (Å²) < 4.78 is 24.7. The van der Waals surface area contributed by atoms with Crippen LogP contribution >= 0.6 is 0 Å². The van der Waals surface area contributed by atoms with Crippen molar-refractivity contribution < 1.29 is 18.7 Å². The van der Waals surface area contributed by atoms with Gasteiger partial charge in [-0.25, -0.2) is 4.39 Å². The first-order valence-electron chi connectivity index (χ1n) is 8.69. The zero-order valence-corrected chi connectivity index (χ0v) is 14.8. The van der Waals surface area contributed by atoms with Crippen LogP contribution in [-0.2, 0) is 17.8 Å². The summed E-state index contributed by atoms with van der Waals surface area (Å²) in [6.45, 7) is 2.27. The van der Waals surface area contributed by atoms with Crippen LogP contribution in [-0.4, -0.2) is 44.2 Å². The van der Waals surface area contributed by atoms with Gasteiger partial charge in [0.2, 0.25) is 5.91 Å². The lowest BCUT2D eigenvalue weighted by Gasteiger charge is -2.19. The van der Waals surface area contributed by atoms with Crippen molar-refractivity contribution in [2.75, 3.05) is 33.4 Å². The van der Waals surface area contributed by atoms with Crippen molar-refractivity contribution in [3.63, 3.8) is 0 Å². The Morgan fingerprint density at radius 2 is 1.92 bits per heavy atom. The molecule has 0 unspecified atom stereocenters. The van der Waals surface area contributed by atoms with Gasteiger partial charge in [-0.05, 0) is 37.2 Å². The first-order valence-corrected chi connectivity index (χ1v) is 8.69. The zero-order valence-electron chi connectivity index (χ0n) is 14.8. The van der Waals surface area contributed by atoms with E-state index in [0.717, 1.165) is 17.1 Å². The fourth-order valence-corrected chi connectivity index (χ4v) is 2.86. The molecule has 2 aromatic rings. The summed E-state index contributed by atoms with van der Waals surface area (Å²) in [7, 11) is 1.80. The number of nitrogens with one attached hydrogen (secondary N) is 1. The number of likely N-dealkylation sites (N-methyl/N-ethyl adjacent to an activating group) is 1. The summed E-state index contributed by atoms with van der Waals surface area (Å²) in [5, 5.41) is 2.90. The van der Waals surface area contributed by atoms with Crippen LogP contribution in [0.3, 0.4) is 0 Å². The predicted molar refractivity (Wildman–Crippen MR) is 96.9 cm³/mol. The van der Waals surface area contributed by atoms with E-state index < -0.39 is 0 Å². The summed E-state index contributed by atoms with van der Waals surface area (Å²) in [5.41, 5.74) is 1.66. The molecule has 26 heavy (non-hydrogen) atoms. The lowest BCUT2D eigenvalue weighted by Crippen LogP contribution is -2.36. The molecule has 5 nitrogen and oxygen atoms in total. The SMILES string of the molecule is CN(CC(=O)NCCc1ccc2c(c1)OCCO2)Cc1ccccc1F. The third kappa shape index (κ3) is 4.95. The predicted octanol–water partition coefficient (Wildman–Crippen LogP) is 2.39. The average Bonchev–Trinajstić information content (AvgIpc) is 2.63. The second-order valence-electron chi connectivity index (χ2n) is 6.34. The zero-order chi connectivity index (χ0) is 18.4. The maximum absolute atomic E-state index is 13.7. The minimum absolute atomic E-state index is 0.0821. The minimum Gasteiger partial charge on any atom is -0.486 e. The van der Waals surface area contributed by atoms with Crippen LogP contribution < -0.4 is 14.8 Å². The Hall–Kier alpha value is -2.60. The Bertz CT molecular complexity index is 766. The molecular formula is C20H23FN2O3. The van der Waals surface area contributed by atoms with Crippen molar-refractivity contribution in [3.8, 4) is 11.5 Å². The highest BCUT2D eigenvalue weighted by molar-refractivity contribution is 5.77. The molecule has 3 rings (SSSR count). The van der Waals surface area contributed by atoms with Gasteiger partial charge in [-0.15, -0.1) is 0 Å². The summed E-state index contributed by atoms with van der Waals surface area (Å²) in [6, 6.07) is 12.4. The van der Waals surface area contributed by atoms with Gasteiger partial charge in [-0.2, -0.15) is 0 Å². The molecule has 138 valence electrons. The Kier molecular flexibility index (Phi) is 6.07. The largest absolute Gasteiger partial charge is 0.486 e. The fraction of sp³-hybridized carbons (Fsp3) is 0.350. The lowest BCUT2D eigenvalue weighted by molar-refractivity contribution is -0.122. The molecule has 0 aromatic heterocycles. The monoisotopic (exact) mass is 358 g/mol.